The van der Waals surface area contributed by atoms with Gasteiger partial charge in [0.15, 0.2) is 0 Å². The fraction of sp³-hybridized carbons (Fsp3) is 0.200. The molecule has 1 heterocycles. The van der Waals surface area contributed by atoms with Crippen LogP contribution in [-0.4, -0.2) is 22.1 Å². The van der Waals surface area contributed by atoms with Crippen molar-refractivity contribution in [2.45, 2.75) is 6.54 Å². The first-order valence-electron chi connectivity index (χ1n) is 4.27. The summed E-state index contributed by atoms with van der Waals surface area (Å²) in [6.45, 7) is 0.685. The second kappa shape index (κ2) is 3.91. The van der Waals surface area contributed by atoms with Crippen LogP contribution in [0.15, 0.2) is 30.5 Å². The van der Waals surface area contributed by atoms with Gasteiger partial charge in [0.2, 0.25) is 0 Å². The molecule has 0 atom stereocenters. The Labute approximate surface area is 82.1 Å². The van der Waals surface area contributed by atoms with Gasteiger partial charge in [-0.15, -0.1) is 5.10 Å². The number of hydrogen-bond donors (Lipinski definition) is 0. The van der Waals surface area contributed by atoms with E-state index in [0.29, 0.717) is 6.54 Å². The SMILES string of the molecule is COc1ccc(Cn2[c]cnn2)cc1. The van der Waals surface area contributed by atoms with E-state index in [1.54, 1.807) is 18.0 Å². The van der Waals surface area contributed by atoms with E-state index in [4.69, 9.17) is 4.74 Å². The summed E-state index contributed by atoms with van der Waals surface area (Å²) in [6.07, 6.45) is 4.42. The summed E-state index contributed by atoms with van der Waals surface area (Å²) in [7, 11) is 1.65. The van der Waals surface area contributed by atoms with E-state index in [9.17, 15) is 0 Å². The quantitative estimate of drug-likeness (QED) is 0.725. The fourth-order valence-electron chi connectivity index (χ4n) is 1.19. The zero-order valence-electron chi connectivity index (χ0n) is 7.84. The van der Waals surface area contributed by atoms with Gasteiger partial charge in [0, 0.05) is 0 Å². The van der Waals surface area contributed by atoms with Crippen LogP contribution in [-0.2, 0) is 6.54 Å². The Morgan fingerprint density at radius 3 is 2.71 bits per heavy atom. The highest BCUT2D eigenvalue weighted by molar-refractivity contribution is 5.27. The summed E-state index contributed by atoms with van der Waals surface area (Å²) in [6, 6.07) is 7.83. The second-order valence-electron chi connectivity index (χ2n) is 2.87. The van der Waals surface area contributed by atoms with Crippen molar-refractivity contribution < 1.29 is 4.74 Å². The first kappa shape index (κ1) is 8.74. The molecular weight excluding hydrogens is 178 g/mol. The number of nitrogens with zero attached hydrogens (tertiary/aromatic N) is 3. The van der Waals surface area contributed by atoms with Gasteiger partial charge in [0.05, 0.1) is 19.9 Å². The highest BCUT2D eigenvalue weighted by Gasteiger charge is 1.96. The third kappa shape index (κ3) is 1.90. The molecule has 0 saturated heterocycles. The minimum atomic E-state index is 0.685. The number of aromatic nitrogens is 3. The maximum absolute atomic E-state index is 5.06. The second-order valence-corrected chi connectivity index (χ2v) is 2.87. The summed E-state index contributed by atoms with van der Waals surface area (Å²) in [5, 5.41) is 7.52. The Bertz CT molecular complexity index is 380. The molecule has 1 radical (unpaired) electrons. The lowest BCUT2D eigenvalue weighted by atomic mass is 10.2. The van der Waals surface area contributed by atoms with Crippen molar-refractivity contribution in [1.82, 2.24) is 15.0 Å². The molecule has 0 N–H and O–H groups in total. The smallest absolute Gasteiger partial charge is 0.118 e. The van der Waals surface area contributed by atoms with Gasteiger partial charge in [-0.05, 0) is 17.7 Å². The molecule has 0 aliphatic heterocycles. The largest absolute Gasteiger partial charge is 0.497 e. The number of hydrogen-bond acceptors (Lipinski definition) is 3. The van der Waals surface area contributed by atoms with Crippen molar-refractivity contribution in [2.24, 2.45) is 0 Å². The van der Waals surface area contributed by atoms with Gasteiger partial charge in [-0.25, -0.2) is 4.68 Å². The molecule has 0 saturated carbocycles. The van der Waals surface area contributed by atoms with E-state index < -0.39 is 0 Å². The molecule has 4 heteroatoms. The van der Waals surface area contributed by atoms with E-state index >= 15 is 0 Å². The molecule has 0 bridgehead atoms. The van der Waals surface area contributed by atoms with E-state index in [0.717, 1.165) is 11.3 Å². The third-order valence-electron chi connectivity index (χ3n) is 1.92. The van der Waals surface area contributed by atoms with Crippen LogP contribution in [0.5, 0.6) is 5.75 Å². The molecule has 4 nitrogen and oxygen atoms in total. The Hall–Kier alpha value is -1.84. The highest BCUT2D eigenvalue weighted by atomic mass is 16.5. The molecular formula is C10H10N3O. The van der Waals surface area contributed by atoms with Gasteiger partial charge < -0.3 is 4.74 Å². The van der Waals surface area contributed by atoms with Crippen LogP contribution < -0.4 is 4.74 Å². The zero-order valence-corrected chi connectivity index (χ0v) is 7.84. The summed E-state index contributed by atoms with van der Waals surface area (Å²) < 4.78 is 6.72. The highest BCUT2D eigenvalue weighted by Crippen LogP contribution is 2.11. The Morgan fingerprint density at radius 1 is 1.36 bits per heavy atom. The maximum Gasteiger partial charge on any atom is 0.118 e. The standard InChI is InChI=1S/C10H10N3O/c1-14-10-4-2-9(3-5-10)8-13-7-6-11-12-13/h2-6H,8H2,1H3. The molecule has 0 aliphatic rings. The van der Waals surface area contributed by atoms with Gasteiger partial charge in [0.1, 0.15) is 11.9 Å². The van der Waals surface area contributed by atoms with Crippen LogP contribution in [0, 0.1) is 6.20 Å². The Morgan fingerprint density at radius 2 is 2.14 bits per heavy atom. The first-order chi connectivity index (χ1) is 6.88. The number of ether oxygens (including phenoxy) is 1. The topological polar surface area (TPSA) is 39.9 Å². The van der Waals surface area contributed by atoms with E-state index in [-0.39, 0.29) is 0 Å². The van der Waals surface area contributed by atoms with E-state index in [1.165, 1.54) is 0 Å². The molecule has 2 aromatic rings. The van der Waals surface area contributed by atoms with E-state index in [2.05, 4.69) is 16.5 Å². The average Bonchev–Trinajstić information content (AvgIpc) is 2.72. The van der Waals surface area contributed by atoms with Crippen LogP contribution in [0.25, 0.3) is 0 Å². The lowest BCUT2D eigenvalue weighted by Gasteiger charge is -2.02. The average molecular weight is 188 g/mol. The molecule has 2 rings (SSSR count). The van der Waals surface area contributed by atoms with Gasteiger partial charge in [-0.2, -0.15) is 0 Å². The number of benzene rings is 1. The summed E-state index contributed by atoms with van der Waals surface area (Å²) >= 11 is 0. The maximum atomic E-state index is 5.06. The Kier molecular flexibility index (Phi) is 2.44. The van der Waals surface area contributed by atoms with Crippen LogP contribution in [0.3, 0.4) is 0 Å². The van der Waals surface area contributed by atoms with E-state index in [1.807, 2.05) is 24.3 Å². The molecule has 71 valence electrons. The molecule has 0 aliphatic carbocycles. The molecule has 0 amide bonds. The molecule has 0 fully saturated rings. The zero-order chi connectivity index (χ0) is 9.80. The van der Waals surface area contributed by atoms with Crippen LogP contribution in [0.1, 0.15) is 5.56 Å². The Balaban J connectivity index is 2.10. The molecule has 1 aromatic carbocycles. The first-order valence-corrected chi connectivity index (χ1v) is 4.27. The van der Waals surface area contributed by atoms with Crippen molar-refractivity contribution in [2.75, 3.05) is 7.11 Å². The predicted octanol–water partition coefficient (Wildman–Crippen LogP) is 1.14. The lowest BCUT2D eigenvalue weighted by molar-refractivity contribution is 0.414. The van der Waals surface area contributed by atoms with Gasteiger partial charge in [-0.3, -0.25) is 0 Å². The van der Waals surface area contributed by atoms with Gasteiger partial charge >= 0.3 is 0 Å². The molecule has 14 heavy (non-hydrogen) atoms. The van der Waals surface area contributed by atoms with Crippen molar-refractivity contribution in [3.05, 3.63) is 42.2 Å². The molecule has 0 spiro atoms. The normalized spacial score (nSPS) is 10.1. The minimum Gasteiger partial charge on any atom is -0.497 e. The summed E-state index contributed by atoms with van der Waals surface area (Å²) in [4.78, 5) is 0. The fourth-order valence-corrected chi connectivity index (χ4v) is 1.19. The summed E-state index contributed by atoms with van der Waals surface area (Å²) in [5.41, 5.74) is 1.15. The summed E-state index contributed by atoms with van der Waals surface area (Å²) in [5.74, 6) is 0.858. The van der Waals surface area contributed by atoms with Gasteiger partial charge in [-0.1, -0.05) is 17.3 Å². The molecule has 1 aromatic heterocycles. The third-order valence-corrected chi connectivity index (χ3v) is 1.92. The minimum absolute atomic E-state index is 0.685. The lowest BCUT2D eigenvalue weighted by Crippen LogP contribution is -2.00. The van der Waals surface area contributed by atoms with Crippen molar-refractivity contribution in [3.63, 3.8) is 0 Å². The molecule has 0 unspecified atom stereocenters. The van der Waals surface area contributed by atoms with Crippen molar-refractivity contribution in [3.8, 4) is 5.75 Å². The van der Waals surface area contributed by atoms with Gasteiger partial charge in [0.25, 0.3) is 0 Å². The monoisotopic (exact) mass is 188 g/mol. The van der Waals surface area contributed by atoms with Crippen molar-refractivity contribution in [1.29, 1.82) is 0 Å². The number of rotatable bonds is 3. The number of methoxy groups -OCH3 is 1. The van der Waals surface area contributed by atoms with Crippen LogP contribution in [0.2, 0.25) is 0 Å². The van der Waals surface area contributed by atoms with Crippen LogP contribution >= 0.6 is 0 Å². The van der Waals surface area contributed by atoms with Crippen molar-refractivity contribution >= 4 is 0 Å². The van der Waals surface area contributed by atoms with Crippen LogP contribution in [0.4, 0.5) is 0 Å². The predicted molar refractivity (Wildman–Crippen MR) is 51.0 cm³/mol.